The molecule has 0 aliphatic carbocycles. The Morgan fingerprint density at radius 3 is 2.88 bits per heavy atom. The lowest BCUT2D eigenvalue weighted by atomic mass is 9.94. The third kappa shape index (κ3) is 2.72. The summed E-state index contributed by atoms with van der Waals surface area (Å²) in [5.74, 6) is -0.118. The summed E-state index contributed by atoms with van der Waals surface area (Å²) in [4.78, 5) is 11.6. The fourth-order valence-electron chi connectivity index (χ4n) is 1.56. The highest BCUT2D eigenvalue weighted by molar-refractivity contribution is 6.30. The van der Waals surface area contributed by atoms with Gasteiger partial charge in [-0.3, -0.25) is 4.79 Å². The van der Waals surface area contributed by atoms with Crippen molar-refractivity contribution in [3.63, 3.8) is 0 Å². The molecule has 3 N–H and O–H groups in total. The normalized spacial score (nSPS) is 17.6. The van der Waals surface area contributed by atoms with E-state index in [2.05, 4.69) is 5.32 Å². The fraction of sp³-hybridized carbons (Fsp3) is 0.364. The molecule has 1 saturated heterocycles. The highest BCUT2D eigenvalue weighted by Crippen LogP contribution is 2.20. The number of carbonyl (C=O) groups excluding carboxylic acids is 1. The van der Waals surface area contributed by atoms with Crippen LogP contribution < -0.4 is 11.1 Å². The maximum absolute atomic E-state index is 11.6. The maximum atomic E-state index is 11.6. The van der Waals surface area contributed by atoms with Gasteiger partial charge in [0.15, 0.2) is 0 Å². The van der Waals surface area contributed by atoms with Crippen LogP contribution >= 0.6 is 11.6 Å². The number of amides is 1. The molecule has 1 amide bonds. The van der Waals surface area contributed by atoms with Gasteiger partial charge in [-0.1, -0.05) is 17.7 Å². The third-order valence-corrected chi connectivity index (χ3v) is 2.64. The Kier molecular flexibility index (Phi) is 3.14. The molecule has 0 bridgehead atoms. The molecule has 2 rings (SSSR count). The van der Waals surface area contributed by atoms with E-state index in [0.29, 0.717) is 23.9 Å². The second kappa shape index (κ2) is 4.41. The lowest BCUT2D eigenvalue weighted by Crippen LogP contribution is -2.58. The highest BCUT2D eigenvalue weighted by atomic mass is 35.5. The van der Waals surface area contributed by atoms with Crippen LogP contribution in [-0.4, -0.2) is 24.7 Å². The summed E-state index contributed by atoms with van der Waals surface area (Å²) in [6.45, 7) is 0.881. The molecule has 0 atom stereocenters. The van der Waals surface area contributed by atoms with Crippen LogP contribution in [0.3, 0.4) is 0 Å². The van der Waals surface area contributed by atoms with Crippen LogP contribution in [0.2, 0.25) is 5.02 Å². The molecule has 1 aromatic carbocycles. The monoisotopic (exact) mass is 240 g/mol. The van der Waals surface area contributed by atoms with Gasteiger partial charge in [0.25, 0.3) is 0 Å². The van der Waals surface area contributed by atoms with Crippen LogP contribution in [0.4, 0.5) is 5.69 Å². The molecule has 0 aromatic heterocycles. The first kappa shape index (κ1) is 11.4. The summed E-state index contributed by atoms with van der Waals surface area (Å²) in [7, 11) is 0. The van der Waals surface area contributed by atoms with Crippen LogP contribution in [-0.2, 0) is 9.53 Å². The first-order valence-electron chi connectivity index (χ1n) is 4.99. The second-order valence-electron chi connectivity index (χ2n) is 4.09. The van der Waals surface area contributed by atoms with E-state index in [1.165, 1.54) is 0 Å². The van der Waals surface area contributed by atoms with Crippen molar-refractivity contribution in [2.45, 2.75) is 12.0 Å². The molecule has 86 valence electrons. The topological polar surface area (TPSA) is 64.4 Å². The molecule has 1 aliphatic heterocycles. The number of nitrogens with two attached hydrogens (primary N) is 1. The first-order valence-corrected chi connectivity index (χ1v) is 5.37. The SMILES string of the molecule is NC1(CC(=O)Nc2cccc(Cl)c2)COC1. The molecule has 1 aromatic rings. The predicted molar refractivity (Wildman–Crippen MR) is 62.4 cm³/mol. The summed E-state index contributed by atoms with van der Waals surface area (Å²) in [5.41, 5.74) is 6.06. The molecule has 0 unspecified atom stereocenters. The van der Waals surface area contributed by atoms with Gasteiger partial charge in [-0.05, 0) is 18.2 Å². The number of hydrogen-bond donors (Lipinski definition) is 2. The number of anilines is 1. The van der Waals surface area contributed by atoms with Crippen molar-refractivity contribution in [3.05, 3.63) is 29.3 Å². The van der Waals surface area contributed by atoms with Crippen LogP contribution in [0.5, 0.6) is 0 Å². The van der Waals surface area contributed by atoms with Crippen molar-refractivity contribution < 1.29 is 9.53 Å². The number of carbonyl (C=O) groups is 1. The van der Waals surface area contributed by atoms with Crippen molar-refractivity contribution in [1.82, 2.24) is 0 Å². The highest BCUT2D eigenvalue weighted by Gasteiger charge is 2.36. The average Bonchev–Trinajstić information content (AvgIpc) is 2.15. The third-order valence-electron chi connectivity index (χ3n) is 2.40. The van der Waals surface area contributed by atoms with E-state index in [1.54, 1.807) is 24.3 Å². The number of ether oxygens (including phenoxy) is 1. The van der Waals surface area contributed by atoms with E-state index in [-0.39, 0.29) is 12.3 Å². The van der Waals surface area contributed by atoms with Crippen LogP contribution in [0.1, 0.15) is 6.42 Å². The quantitative estimate of drug-likeness (QED) is 0.839. The lowest BCUT2D eigenvalue weighted by molar-refractivity contribution is -0.123. The summed E-state index contributed by atoms with van der Waals surface area (Å²) in [5, 5.41) is 3.34. The second-order valence-corrected chi connectivity index (χ2v) is 4.53. The molecule has 1 aliphatic rings. The van der Waals surface area contributed by atoms with Gasteiger partial charge < -0.3 is 15.8 Å². The van der Waals surface area contributed by atoms with Gasteiger partial charge in [0.2, 0.25) is 5.91 Å². The lowest BCUT2D eigenvalue weighted by Gasteiger charge is -2.37. The number of benzene rings is 1. The number of halogens is 1. The number of hydrogen-bond acceptors (Lipinski definition) is 3. The zero-order valence-electron chi connectivity index (χ0n) is 8.70. The zero-order chi connectivity index (χ0) is 11.6. The summed E-state index contributed by atoms with van der Waals surface area (Å²) >= 11 is 5.80. The molecule has 4 nitrogen and oxygen atoms in total. The van der Waals surface area contributed by atoms with Gasteiger partial charge in [0.05, 0.1) is 18.8 Å². The van der Waals surface area contributed by atoms with Crippen molar-refractivity contribution in [3.8, 4) is 0 Å². The van der Waals surface area contributed by atoms with E-state index in [4.69, 9.17) is 22.1 Å². The first-order chi connectivity index (χ1) is 7.57. The minimum Gasteiger partial charge on any atom is -0.377 e. The Morgan fingerprint density at radius 1 is 1.56 bits per heavy atom. The van der Waals surface area contributed by atoms with Gasteiger partial charge in [-0.2, -0.15) is 0 Å². The standard InChI is InChI=1S/C11H13ClN2O2/c12-8-2-1-3-9(4-8)14-10(15)5-11(13)6-16-7-11/h1-4H,5-7,13H2,(H,14,15). The van der Waals surface area contributed by atoms with Crippen LogP contribution in [0.25, 0.3) is 0 Å². The summed E-state index contributed by atoms with van der Waals surface area (Å²) < 4.78 is 4.98. The average molecular weight is 241 g/mol. The summed E-state index contributed by atoms with van der Waals surface area (Å²) in [6.07, 6.45) is 0.263. The van der Waals surface area contributed by atoms with E-state index in [9.17, 15) is 4.79 Å². The summed E-state index contributed by atoms with van der Waals surface area (Å²) in [6, 6.07) is 7.01. The Morgan fingerprint density at radius 2 is 2.31 bits per heavy atom. The van der Waals surface area contributed by atoms with Crippen LogP contribution in [0, 0.1) is 0 Å². The Bertz CT molecular complexity index is 405. The molecule has 16 heavy (non-hydrogen) atoms. The van der Waals surface area contributed by atoms with Crippen molar-refractivity contribution >= 4 is 23.2 Å². The largest absolute Gasteiger partial charge is 0.377 e. The molecule has 0 radical (unpaired) electrons. The number of nitrogens with one attached hydrogen (secondary N) is 1. The van der Waals surface area contributed by atoms with Crippen molar-refractivity contribution in [2.24, 2.45) is 5.73 Å². The van der Waals surface area contributed by atoms with Gasteiger partial charge in [-0.15, -0.1) is 0 Å². The zero-order valence-corrected chi connectivity index (χ0v) is 9.46. The van der Waals surface area contributed by atoms with Gasteiger partial charge >= 0.3 is 0 Å². The Labute approximate surface area is 98.7 Å². The molecule has 0 spiro atoms. The van der Waals surface area contributed by atoms with Gasteiger partial charge in [0, 0.05) is 17.1 Å². The minimum atomic E-state index is -0.497. The van der Waals surface area contributed by atoms with E-state index in [1.807, 2.05) is 0 Å². The minimum absolute atomic E-state index is 0.118. The van der Waals surface area contributed by atoms with E-state index in [0.717, 1.165) is 0 Å². The molecule has 1 heterocycles. The smallest absolute Gasteiger partial charge is 0.226 e. The molecule has 1 fully saturated rings. The molecular formula is C11H13ClN2O2. The Hall–Kier alpha value is -1.10. The van der Waals surface area contributed by atoms with Gasteiger partial charge in [-0.25, -0.2) is 0 Å². The van der Waals surface area contributed by atoms with E-state index < -0.39 is 5.54 Å². The maximum Gasteiger partial charge on any atom is 0.226 e. The van der Waals surface area contributed by atoms with E-state index >= 15 is 0 Å². The van der Waals surface area contributed by atoms with Gasteiger partial charge in [0.1, 0.15) is 0 Å². The van der Waals surface area contributed by atoms with Crippen molar-refractivity contribution in [2.75, 3.05) is 18.5 Å². The Balaban J connectivity index is 1.92. The molecule has 5 heteroatoms. The molecular weight excluding hydrogens is 228 g/mol. The molecule has 0 saturated carbocycles. The predicted octanol–water partition coefficient (Wildman–Crippen LogP) is 1.40. The fourth-order valence-corrected chi connectivity index (χ4v) is 1.75. The van der Waals surface area contributed by atoms with Crippen LogP contribution in [0.15, 0.2) is 24.3 Å². The number of rotatable bonds is 3. The van der Waals surface area contributed by atoms with Crippen molar-refractivity contribution in [1.29, 1.82) is 0 Å².